The molecular formula is C23H23NO2. The smallest absolute Gasteiger partial charge is 0.248 e. The summed E-state index contributed by atoms with van der Waals surface area (Å²) >= 11 is 0. The second kappa shape index (κ2) is 8.86. The van der Waals surface area contributed by atoms with E-state index in [0.717, 1.165) is 47.2 Å². The zero-order chi connectivity index (χ0) is 18.2. The van der Waals surface area contributed by atoms with Crippen molar-refractivity contribution in [2.75, 3.05) is 11.9 Å². The van der Waals surface area contributed by atoms with Gasteiger partial charge in [0, 0.05) is 17.1 Å². The second-order valence-electron chi connectivity index (χ2n) is 6.12. The predicted octanol–water partition coefficient (Wildman–Crippen LogP) is 5.67. The minimum Gasteiger partial charge on any atom is -0.494 e. The van der Waals surface area contributed by atoms with Gasteiger partial charge in [-0.1, -0.05) is 61.9 Å². The Morgan fingerprint density at radius 3 is 2.58 bits per heavy atom. The van der Waals surface area contributed by atoms with E-state index in [9.17, 15) is 4.79 Å². The Labute approximate surface area is 154 Å². The third-order valence-electron chi connectivity index (χ3n) is 4.12. The Morgan fingerprint density at radius 1 is 1.00 bits per heavy atom. The molecule has 3 aromatic carbocycles. The molecule has 0 spiro atoms. The molecule has 0 unspecified atom stereocenters. The number of carbonyl (C=O) groups is 1. The first-order valence-corrected chi connectivity index (χ1v) is 8.96. The number of carbonyl (C=O) groups excluding carboxylic acids is 1. The highest BCUT2D eigenvalue weighted by Crippen LogP contribution is 2.23. The first-order valence-electron chi connectivity index (χ1n) is 8.96. The van der Waals surface area contributed by atoms with Gasteiger partial charge in [-0.2, -0.15) is 0 Å². The molecular weight excluding hydrogens is 322 g/mol. The van der Waals surface area contributed by atoms with Crippen molar-refractivity contribution < 1.29 is 9.53 Å². The van der Waals surface area contributed by atoms with E-state index in [4.69, 9.17) is 4.74 Å². The lowest BCUT2D eigenvalue weighted by Crippen LogP contribution is -2.07. The number of anilines is 1. The molecule has 1 amide bonds. The molecule has 0 aliphatic carbocycles. The van der Waals surface area contributed by atoms with Gasteiger partial charge in [-0.15, -0.1) is 0 Å². The highest BCUT2D eigenvalue weighted by molar-refractivity contribution is 6.07. The lowest BCUT2D eigenvalue weighted by Gasteiger charge is -2.07. The summed E-state index contributed by atoms with van der Waals surface area (Å²) in [4.78, 5) is 12.2. The highest BCUT2D eigenvalue weighted by atomic mass is 16.5. The average Bonchev–Trinajstić information content (AvgIpc) is 2.68. The van der Waals surface area contributed by atoms with Gasteiger partial charge in [0.2, 0.25) is 5.91 Å². The van der Waals surface area contributed by atoms with Crippen molar-refractivity contribution in [3.05, 3.63) is 78.4 Å². The van der Waals surface area contributed by atoms with Gasteiger partial charge in [-0.25, -0.2) is 0 Å². The standard InChI is InChI=1S/C23H23NO2/c1-2-3-17-26-20-14-11-18(12-15-20)13-16-23(25)24-22-10-6-8-19-7-4-5-9-21(19)22/h4-16H,2-3,17H2,1H3,(H,24,25)/b16-13+. The van der Waals surface area contributed by atoms with Crippen LogP contribution >= 0.6 is 0 Å². The molecule has 0 saturated carbocycles. The van der Waals surface area contributed by atoms with Crippen LogP contribution in [-0.4, -0.2) is 12.5 Å². The summed E-state index contributed by atoms with van der Waals surface area (Å²) in [5.74, 6) is 0.709. The van der Waals surface area contributed by atoms with Crippen LogP contribution in [0.5, 0.6) is 5.75 Å². The van der Waals surface area contributed by atoms with Crippen LogP contribution in [0.15, 0.2) is 72.8 Å². The maximum Gasteiger partial charge on any atom is 0.248 e. The summed E-state index contributed by atoms with van der Waals surface area (Å²) in [6.07, 6.45) is 5.52. The van der Waals surface area contributed by atoms with Crippen LogP contribution in [0.1, 0.15) is 25.3 Å². The monoisotopic (exact) mass is 345 g/mol. The zero-order valence-electron chi connectivity index (χ0n) is 14.9. The maximum atomic E-state index is 12.2. The molecule has 1 N–H and O–H groups in total. The molecule has 0 radical (unpaired) electrons. The molecule has 0 saturated heterocycles. The molecule has 0 atom stereocenters. The van der Waals surface area contributed by atoms with Crippen LogP contribution in [-0.2, 0) is 4.79 Å². The van der Waals surface area contributed by atoms with Crippen LogP contribution in [0, 0.1) is 0 Å². The topological polar surface area (TPSA) is 38.3 Å². The molecule has 0 aliphatic heterocycles. The highest BCUT2D eigenvalue weighted by Gasteiger charge is 2.02. The number of fused-ring (bicyclic) bond motifs is 1. The quantitative estimate of drug-likeness (QED) is 0.442. The van der Waals surface area contributed by atoms with Gasteiger partial charge in [0.05, 0.1) is 6.61 Å². The largest absolute Gasteiger partial charge is 0.494 e. The van der Waals surface area contributed by atoms with Gasteiger partial charge in [-0.3, -0.25) is 4.79 Å². The van der Waals surface area contributed by atoms with Crippen LogP contribution in [0.3, 0.4) is 0 Å². The number of rotatable bonds is 7. The van der Waals surface area contributed by atoms with Crippen molar-refractivity contribution in [3.63, 3.8) is 0 Å². The number of amides is 1. The van der Waals surface area contributed by atoms with Crippen molar-refractivity contribution in [1.82, 2.24) is 0 Å². The molecule has 132 valence electrons. The Kier molecular flexibility index (Phi) is 6.05. The SMILES string of the molecule is CCCCOc1ccc(/C=C/C(=O)Nc2cccc3ccccc23)cc1. The summed E-state index contributed by atoms with van der Waals surface area (Å²) in [6, 6.07) is 21.6. The summed E-state index contributed by atoms with van der Waals surface area (Å²) < 4.78 is 5.64. The van der Waals surface area contributed by atoms with Gasteiger partial charge >= 0.3 is 0 Å². The Hall–Kier alpha value is -3.07. The van der Waals surface area contributed by atoms with E-state index in [2.05, 4.69) is 12.2 Å². The number of unbranched alkanes of at least 4 members (excludes halogenated alkanes) is 1. The molecule has 26 heavy (non-hydrogen) atoms. The van der Waals surface area contributed by atoms with Crippen molar-refractivity contribution >= 4 is 28.4 Å². The fourth-order valence-electron chi connectivity index (χ4n) is 2.69. The first kappa shape index (κ1) is 17.7. The number of hydrogen-bond acceptors (Lipinski definition) is 2. The van der Waals surface area contributed by atoms with Crippen LogP contribution in [0.4, 0.5) is 5.69 Å². The van der Waals surface area contributed by atoms with Gasteiger partial charge in [0.1, 0.15) is 5.75 Å². The van der Waals surface area contributed by atoms with E-state index in [0.29, 0.717) is 0 Å². The van der Waals surface area contributed by atoms with E-state index in [1.165, 1.54) is 0 Å². The molecule has 0 aliphatic rings. The van der Waals surface area contributed by atoms with Crippen LogP contribution in [0.25, 0.3) is 16.8 Å². The number of hydrogen-bond donors (Lipinski definition) is 1. The van der Waals surface area contributed by atoms with Gasteiger partial charge in [0.15, 0.2) is 0 Å². The van der Waals surface area contributed by atoms with Crippen molar-refractivity contribution in [3.8, 4) is 5.75 Å². The molecule has 0 aromatic heterocycles. The fourth-order valence-corrected chi connectivity index (χ4v) is 2.69. The normalized spacial score (nSPS) is 11.0. The number of nitrogens with one attached hydrogen (secondary N) is 1. The summed E-state index contributed by atoms with van der Waals surface area (Å²) in [6.45, 7) is 2.87. The van der Waals surface area contributed by atoms with E-state index >= 15 is 0 Å². The van der Waals surface area contributed by atoms with Crippen LogP contribution in [0.2, 0.25) is 0 Å². The van der Waals surface area contributed by atoms with E-state index in [1.54, 1.807) is 12.2 Å². The van der Waals surface area contributed by atoms with Gasteiger partial charge in [-0.05, 0) is 41.6 Å². The molecule has 3 heteroatoms. The second-order valence-corrected chi connectivity index (χ2v) is 6.12. The van der Waals surface area contributed by atoms with Crippen molar-refractivity contribution in [2.45, 2.75) is 19.8 Å². The minimum absolute atomic E-state index is 0.148. The first-order chi connectivity index (χ1) is 12.8. The average molecular weight is 345 g/mol. The Bertz CT molecular complexity index is 892. The Morgan fingerprint density at radius 2 is 1.77 bits per heavy atom. The molecule has 0 fully saturated rings. The third kappa shape index (κ3) is 4.73. The molecule has 0 bridgehead atoms. The van der Waals surface area contributed by atoms with Gasteiger partial charge in [0.25, 0.3) is 0 Å². The molecule has 3 nitrogen and oxygen atoms in total. The van der Waals surface area contributed by atoms with Crippen molar-refractivity contribution in [1.29, 1.82) is 0 Å². The maximum absolute atomic E-state index is 12.2. The van der Waals surface area contributed by atoms with E-state index < -0.39 is 0 Å². The van der Waals surface area contributed by atoms with Crippen LogP contribution < -0.4 is 10.1 Å². The minimum atomic E-state index is -0.148. The number of ether oxygens (including phenoxy) is 1. The third-order valence-corrected chi connectivity index (χ3v) is 4.12. The van der Waals surface area contributed by atoms with E-state index in [1.807, 2.05) is 66.7 Å². The number of benzene rings is 3. The lowest BCUT2D eigenvalue weighted by molar-refractivity contribution is -0.111. The van der Waals surface area contributed by atoms with E-state index in [-0.39, 0.29) is 5.91 Å². The summed E-state index contributed by atoms with van der Waals surface area (Å²) in [5.41, 5.74) is 1.78. The molecule has 3 aromatic rings. The lowest BCUT2D eigenvalue weighted by atomic mass is 10.1. The summed E-state index contributed by atoms with van der Waals surface area (Å²) in [5, 5.41) is 5.09. The molecule has 3 rings (SSSR count). The Balaban J connectivity index is 1.62. The fraction of sp³-hybridized carbons (Fsp3) is 0.174. The van der Waals surface area contributed by atoms with Crippen molar-refractivity contribution in [2.24, 2.45) is 0 Å². The summed E-state index contributed by atoms with van der Waals surface area (Å²) in [7, 11) is 0. The predicted molar refractivity (Wildman–Crippen MR) is 108 cm³/mol. The van der Waals surface area contributed by atoms with Gasteiger partial charge < -0.3 is 10.1 Å². The zero-order valence-corrected chi connectivity index (χ0v) is 14.9. The molecule has 0 heterocycles.